The van der Waals surface area contributed by atoms with E-state index in [0.717, 1.165) is 12.8 Å². The molecule has 1 amide bonds. The third-order valence-electron chi connectivity index (χ3n) is 3.27. The lowest BCUT2D eigenvalue weighted by atomic mass is 10.0. The summed E-state index contributed by atoms with van der Waals surface area (Å²) in [5.74, 6) is -1.56. The lowest BCUT2D eigenvalue weighted by Gasteiger charge is -2.11. The molecule has 0 bridgehead atoms. The van der Waals surface area contributed by atoms with Crippen LogP contribution in [-0.4, -0.2) is 29.7 Å². The fourth-order valence-corrected chi connectivity index (χ4v) is 2.00. The molecule has 5 nitrogen and oxygen atoms in total. The van der Waals surface area contributed by atoms with E-state index in [1.807, 2.05) is 0 Å². The lowest BCUT2D eigenvalue weighted by Crippen LogP contribution is -2.26. The highest BCUT2D eigenvalue weighted by molar-refractivity contribution is 5.94. The first-order valence-electron chi connectivity index (χ1n) is 6.33. The van der Waals surface area contributed by atoms with Gasteiger partial charge >= 0.3 is 5.97 Å². The fourth-order valence-electron chi connectivity index (χ4n) is 2.00. The van der Waals surface area contributed by atoms with Crippen molar-refractivity contribution in [2.45, 2.75) is 31.8 Å². The van der Waals surface area contributed by atoms with Crippen LogP contribution >= 0.6 is 0 Å². The first kappa shape index (κ1) is 13.5. The summed E-state index contributed by atoms with van der Waals surface area (Å²) in [7, 11) is 0. The summed E-state index contributed by atoms with van der Waals surface area (Å²) in [5, 5.41) is 11.7. The van der Waals surface area contributed by atoms with Crippen molar-refractivity contribution < 1.29 is 19.4 Å². The molecule has 0 aliphatic carbocycles. The third-order valence-corrected chi connectivity index (χ3v) is 3.27. The highest BCUT2D eigenvalue weighted by Gasteiger charge is 2.23. The van der Waals surface area contributed by atoms with E-state index in [1.54, 1.807) is 31.2 Å². The second-order valence-electron chi connectivity index (χ2n) is 4.67. The van der Waals surface area contributed by atoms with E-state index in [-0.39, 0.29) is 12.0 Å². The van der Waals surface area contributed by atoms with Crippen molar-refractivity contribution in [3.63, 3.8) is 0 Å². The maximum absolute atomic E-state index is 11.8. The molecule has 2 N–H and O–H groups in total. The fraction of sp³-hybridized carbons (Fsp3) is 0.429. The molecular formula is C14H17NO4. The Hall–Kier alpha value is -1.88. The van der Waals surface area contributed by atoms with E-state index in [9.17, 15) is 9.59 Å². The molecule has 5 heteroatoms. The van der Waals surface area contributed by atoms with Crippen molar-refractivity contribution >= 4 is 17.6 Å². The van der Waals surface area contributed by atoms with E-state index in [2.05, 4.69) is 5.32 Å². The van der Waals surface area contributed by atoms with Gasteiger partial charge in [-0.25, -0.2) is 0 Å². The zero-order chi connectivity index (χ0) is 13.8. The van der Waals surface area contributed by atoms with Gasteiger partial charge in [-0.1, -0.05) is 12.1 Å². The predicted octanol–water partition coefficient (Wildman–Crippen LogP) is 1.99. The van der Waals surface area contributed by atoms with Crippen LogP contribution in [0.15, 0.2) is 24.3 Å². The monoisotopic (exact) mass is 263 g/mol. The topological polar surface area (TPSA) is 75.6 Å². The van der Waals surface area contributed by atoms with Gasteiger partial charge in [0.2, 0.25) is 0 Å². The average molecular weight is 263 g/mol. The van der Waals surface area contributed by atoms with E-state index in [1.165, 1.54) is 0 Å². The molecule has 1 aromatic rings. The zero-order valence-electron chi connectivity index (χ0n) is 10.8. The Morgan fingerprint density at radius 3 is 2.58 bits per heavy atom. The van der Waals surface area contributed by atoms with Crippen LogP contribution in [0.2, 0.25) is 0 Å². The van der Waals surface area contributed by atoms with Gasteiger partial charge < -0.3 is 15.2 Å². The molecule has 1 saturated heterocycles. The third kappa shape index (κ3) is 3.32. The molecule has 1 aliphatic rings. The SMILES string of the molecule is CC(C(=O)O)c1ccc(NC(=O)[C@@H]2CCCO2)cc1. The second kappa shape index (κ2) is 5.84. The number of anilines is 1. The summed E-state index contributed by atoms with van der Waals surface area (Å²) in [4.78, 5) is 22.7. The van der Waals surface area contributed by atoms with E-state index < -0.39 is 11.9 Å². The predicted molar refractivity (Wildman–Crippen MR) is 70.1 cm³/mol. The summed E-state index contributed by atoms with van der Waals surface area (Å²) >= 11 is 0. The Kier molecular flexibility index (Phi) is 4.16. The van der Waals surface area contributed by atoms with Crippen molar-refractivity contribution in [1.82, 2.24) is 0 Å². The van der Waals surface area contributed by atoms with Crippen molar-refractivity contribution in [2.24, 2.45) is 0 Å². The molecule has 1 fully saturated rings. The quantitative estimate of drug-likeness (QED) is 0.871. The molecule has 0 saturated carbocycles. The molecular weight excluding hydrogens is 246 g/mol. The molecule has 102 valence electrons. The van der Waals surface area contributed by atoms with Crippen LogP contribution in [-0.2, 0) is 14.3 Å². The Balaban J connectivity index is 1.98. The number of amides is 1. The van der Waals surface area contributed by atoms with Gasteiger partial charge in [0.15, 0.2) is 0 Å². The number of ether oxygens (including phenoxy) is 1. The van der Waals surface area contributed by atoms with Crippen LogP contribution < -0.4 is 5.32 Å². The van der Waals surface area contributed by atoms with Crippen LogP contribution in [0.25, 0.3) is 0 Å². The number of hydrogen-bond donors (Lipinski definition) is 2. The van der Waals surface area contributed by atoms with E-state index in [4.69, 9.17) is 9.84 Å². The second-order valence-corrected chi connectivity index (χ2v) is 4.67. The minimum absolute atomic E-state index is 0.142. The van der Waals surface area contributed by atoms with Gasteiger partial charge in [-0.15, -0.1) is 0 Å². The zero-order valence-corrected chi connectivity index (χ0v) is 10.8. The highest BCUT2D eigenvalue weighted by Crippen LogP contribution is 2.19. The largest absolute Gasteiger partial charge is 0.481 e. The van der Waals surface area contributed by atoms with Crippen LogP contribution in [0.1, 0.15) is 31.2 Å². The summed E-state index contributed by atoms with van der Waals surface area (Å²) in [5.41, 5.74) is 1.37. The molecule has 1 heterocycles. The standard InChI is InChI=1S/C14H17NO4/c1-9(14(17)18)10-4-6-11(7-5-10)15-13(16)12-3-2-8-19-12/h4-7,9,12H,2-3,8H2,1H3,(H,15,16)(H,17,18)/t9?,12-/m0/s1. The molecule has 0 radical (unpaired) electrons. The molecule has 1 aromatic carbocycles. The van der Waals surface area contributed by atoms with Gasteiger partial charge in [0, 0.05) is 12.3 Å². The number of carboxylic acids is 1. The van der Waals surface area contributed by atoms with E-state index in [0.29, 0.717) is 17.9 Å². The molecule has 0 aromatic heterocycles. The smallest absolute Gasteiger partial charge is 0.310 e. The Morgan fingerprint density at radius 2 is 2.05 bits per heavy atom. The molecule has 0 spiro atoms. The number of benzene rings is 1. The van der Waals surface area contributed by atoms with Crippen LogP contribution in [0, 0.1) is 0 Å². The molecule has 2 atom stereocenters. The average Bonchev–Trinajstić information content (AvgIpc) is 2.92. The van der Waals surface area contributed by atoms with Gasteiger partial charge in [0.25, 0.3) is 5.91 Å². The maximum Gasteiger partial charge on any atom is 0.310 e. The Morgan fingerprint density at radius 1 is 1.37 bits per heavy atom. The van der Waals surface area contributed by atoms with Gasteiger partial charge in [0.1, 0.15) is 6.10 Å². The molecule has 19 heavy (non-hydrogen) atoms. The minimum atomic E-state index is -0.865. The van der Waals surface area contributed by atoms with Gasteiger partial charge in [-0.05, 0) is 37.5 Å². The number of carboxylic acid groups (broad SMARTS) is 1. The summed E-state index contributed by atoms with van der Waals surface area (Å²) < 4.78 is 5.29. The number of nitrogens with one attached hydrogen (secondary N) is 1. The van der Waals surface area contributed by atoms with Crippen molar-refractivity contribution in [3.8, 4) is 0 Å². The van der Waals surface area contributed by atoms with Crippen LogP contribution in [0.3, 0.4) is 0 Å². The maximum atomic E-state index is 11.8. The molecule has 1 unspecified atom stereocenters. The number of hydrogen-bond acceptors (Lipinski definition) is 3. The Bertz CT molecular complexity index is 463. The summed E-state index contributed by atoms with van der Waals surface area (Å²) in [6, 6.07) is 6.84. The number of carbonyl (C=O) groups excluding carboxylic acids is 1. The van der Waals surface area contributed by atoms with E-state index >= 15 is 0 Å². The number of carbonyl (C=O) groups is 2. The first-order chi connectivity index (χ1) is 9.08. The summed E-state index contributed by atoms with van der Waals surface area (Å²) in [6.07, 6.45) is 1.30. The van der Waals surface area contributed by atoms with Crippen LogP contribution in [0.4, 0.5) is 5.69 Å². The number of aliphatic carboxylic acids is 1. The first-order valence-corrected chi connectivity index (χ1v) is 6.33. The van der Waals surface area contributed by atoms with Crippen molar-refractivity contribution in [1.29, 1.82) is 0 Å². The molecule has 2 rings (SSSR count). The molecule has 1 aliphatic heterocycles. The van der Waals surface area contributed by atoms with Gasteiger partial charge in [-0.2, -0.15) is 0 Å². The highest BCUT2D eigenvalue weighted by atomic mass is 16.5. The minimum Gasteiger partial charge on any atom is -0.481 e. The Labute approximate surface area is 111 Å². The van der Waals surface area contributed by atoms with Crippen LogP contribution in [0.5, 0.6) is 0 Å². The summed E-state index contributed by atoms with van der Waals surface area (Å²) in [6.45, 7) is 2.26. The van der Waals surface area contributed by atoms with Gasteiger partial charge in [0.05, 0.1) is 5.92 Å². The van der Waals surface area contributed by atoms with Gasteiger partial charge in [-0.3, -0.25) is 9.59 Å². The van der Waals surface area contributed by atoms with Crippen molar-refractivity contribution in [2.75, 3.05) is 11.9 Å². The normalized spacial score (nSPS) is 19.9. The number of rotatable bonds is 4. The lowest BCUT2D eigenvalue weighted by molar-refractivity contribution is -0.138. The van der Waals surface area contributed by atoms with Crippen molar-refractivity contribution in [3.05, 3.63) is 29.8 Å².